The molecule has 0 atom stereocenters. The Balaban J connectivity index is 2.17. The van der Waals surface area contributed by atoms with Crippen LogP contribution in [0.1, 0.15) is 17.0 Å². The summed E-state index contributed by atoms with van der Waals surface area (Å²) in [6.45, 7) is 4.53. The lowest BCUT2D eigenvalue weighted by molar-refractivity contribution is 0.999. The van der Waals surface area contributed by atoms with Gasteiger partial charge in [-0.2, -0.15) is 11.3 Å². The van der Waals surface area contributed by atoms with Crippen LogP contribution in [0.4, 0.5) is 11.6 Å². The van der Waals surface area contributed by atoms with Crippen molar-refractivity contribution in [1.82, 2.24) is 9.97 Å². The van der Waals surface area contributed by atoms with Crippen molar-refractivity contribution in [2.75, 3.05) is 10.7 Å². The van der Waals surface area contributed by atoms with Crippen LogP contribution in [0.3, 0.4) is 0 Å². The minimum Gasteiger partial charge on any atom is -0.366 e. The van der Waals surface area contributed by atoms with E-state index in [1.54, 1.807) is 11.3 Å². The second-order valence-electron chi connectivity index (χ2n) is 3.72. The van der Waals surface area contributed by atoms with Crippen LogP contribution >= 0.6 is 11.3 Å². The molecular weight excluding hydrogens is 234 g/mol. The summed E-state index contributed by atoms with van der Waals surface area (Å²) in [7, 11) is 0. The van der Waals surface area contributed by atoms with Crippen LogP contribution in [-0.2, 0) is 6.54 Å². The molecule has 0 fully saturated rings. The van der Waals surface area contributed by atoms with E-state index in [1.807, 2.05) is 13.8 Å². The fourth-order valence-corrected chi connectivity index (χ4v) is 2.19. The third-order valence-corrected chi connectivity index (χ3v) is 3.17. The molecule has 2 aromatic rings. The fraction of sp³-hybridized carbons (Fsp3) is 0.273. The highest BCUT2D eigenvalue weighted by molar-refractivity contribution is 7.07. The third-order valence-electron chi connectivity index (χ3n) is 2.43. The largest absolute Gasteiger partial charge is 0.366 e. The maximum Gasteiger partial charge on any atom is 0.148 e. The number of aromatic nitrogens is 2. The van der Waals surface area contributed by atoms with E-state index in [2.05, 4.69) is 37.5 Å². The lowest BCUT2D eigenvalue weighted by Gasteiger charge is -2.11. The number of hydrogen-bond acceptors (Lipinski definition) is 6. The minimum absolute atomic E-state index is 0.658. The Morgan fingerprint density at radius 2 is 2.06 bits per heavy atom. The summed E-state index contributed by atoms with van der Waals surface area (Å²) in [5.74, 6) is 7.58. The Hall–Kier alpha value is -1.66. The highest BCUT2D eigenvalue weighted by atomic mass is 32.1. The van der Waals surface area contributed by atoms with Crippen molar-refractivity contribution < 1.29 is 0 Å². The van der Waals surface area contributed by atoms with Gasteiger partial charge in [0, 0.05) is 12.1 Å². The van der Waals surface area contributed by atoms with Crippen molar-refractivity contribution >= 4 is 23.0 Å². The van der Waals surface area contributed by atoms with E-state index >= 15 is 0 Å². The van der Waals surface area contributed by atoms with Crippen molar-refractivity contribution in [2.24, 2.45) is 5.84 Å². The maximum absolute atomic E-state index is 5.41. The van der Waals surface area contributed by atoms with Crippen LogP contribution < -0.4 is 16.6 Å². The molecule has 0 amide bonds. The molecule has 2 aromatic heterocycles. The topological polar surface area (TPSA) is 75.9 Å². The summed E-state index contributed by atoms with van der Waals surface area (Å²) >= 11 is 1.68. The van der Waals surface area contributed by atoms with Crippen LogP contribution in [0, 0.1) is 13.8 Å². The number of nitrogens with one attached hydrogen (secondary N) is 2. The number of aryl methyl sites for hydroxylation is 1. The molecule has 90 valence electrons. The molecule has 0 saturated heterocycles. The molecule has 0 saturated carbocycles. The third kappa shape index (κ3) is 2.72. The molecule has 0 aliphatic heterocycles. The van der Waals surface area contributed by atoms with Gasteiger partial charge in [-0.3, -0.25) is 0 Å². The Morgan fingerprint density at radius 1 is 1.29 bits per heavy atom. The lowest BCUT2D eigenvalue weighted by Crippen LogP contribution is -2.14. The maximum atomic E-state index is 5.41. The quantitative estimate of drug-likeness (QED) is 0.571. The first kappa shape index (κ1) is 11.8. The standard InChI is InChI=1S/C11H15N5S/c1-7-10(13-5-9-3-4-17-6-9)14-8(2)15-11(7)16-12/h3-4,6H,5,12H2,1-2H3,(H2,13,14,15,16). The summed E-state index contributed by atoms with van der Waals surface area (Å²) in [5.41, 5.74) is 4.75. The van der Waals surface area contributed by atoms with Crippen molar-refractivity contribution in [3.63, 3.8) is 0 Å². The average Bonchev–Trinajstić information content (AvgIpc) is 2.82. The fourth-order valence-electron chi connectivity index (χ4n) is 1.52. The van der Waals surface area contributed by atoms with E-state index < -0.39 is 0 Å². The van der Waals surface area contributed by atoms with Gasteiger partial charge in [0.2, 0.25) is 0 Å². The van der Waals surface area contributed by atoms with Gasteiger partial charge in [0.05, 0.1) is 0 Å². The summed E-state index contributed by atoms with van der Waals surface area (Å²) in [6.07, 6.45) is 0. The molecule has 0 aliphatic rings. The SMILES string of the molecule is Cc1nc(NN)c(C)c(NCc2ccsc2)n1. The van der Waals surface area contributed by atoms with Gasteiger partial charge in [0.1, 0.15) is 17.5 Å². The highest BCUT2D eigenvalue weighted by Gasteiger charge is 2.07. The van der Waals surface area contributed by atoms with Gasteiger partial charge in [-0.25, -0.2) is 15.8 Å². The van der Waals surface area contributed by atoms with Gasteiger partial charge in [-0.05, 0) is 36.2 Å². The van der Waals surface area contributed by atoms with Gasteiger partial charge in [-0.15, -0.1) is 0 Å². The Morgan fingerprint density at radius 3 is 2.71 bits per heavy atom. The second kappa shape index (κ2) is 5.11. The zero-order valence-electron chi connectivity index (χ0n) is 9.82. The number of nitrogen functional groups attached to an aromatic ring is 1. The molecule has 17 heavy (non-hydrogen) atoms. The molecule has 0 bridgehead atoms. The average molecular weight is 249 g/mol. The number of hydrogen-bond donors (Lipinski definition) is 3. The predicted molar refractivity (Wildman–Crippen MR) is 71.0 cm³/mol. The van der Waals surface area contributed by atoms with Crippen LogP contribution in [0.2, 0.25) is 0 Å². The summed E-state index contributed by atoms with van der Waals surface area (Å²) in [5, 5.41) is 7.46. The Kier molecular flexibility index (Phi) is 3.55. The van der Waals surface area contributed by atoms with E-state index in [4.69, 9.17) is 5.84 Å². The first-order chi connectivity index (χ1) is 8.20. The van der Waals surface area contributed by atoms with Crippen molar-refractivity contribution in [3.05, 3.63) is 33.8 Å². The summed E-state index contributed by atoms with van der Waals surface area (Å²) < 4.78 is 0. The number of hydrazine groups is 1. The van der Waals surface area contributed by atoms with Crippen LogP contribution in [0.25, 0.3) is 0 Å². The lowest BCUT2D eigenvalue weighted by atomic mass is 10.3. The van der Waals surface area contributed by atoms with Crippen molar-refractivity contribution in [3.8, 4) is 0 Å². The van der Waals surface area contributed by atoms with Crippen LogP contribution in [-0.4, -0.2) is 9.97 Å². The first-order valence-corrected chi connectivity index (χ1v) is 6.22. The first-order valence-electron chi connectivity index (χ1n) is 5.27. The molecule has 4 N–H and O–H groups in total. The molecular formula is C11H15N5S. The van der Waals surface area contributed by atoms with Crippen LogP contribution in [0.15, 0.2) is 16.8 Å². The number of rotatable bonds is 4. The van der Waals surface area contributed by atoms with E-state index in [0.29, 0.717) is 11.6 Å². The van der Waals surface area contributed by atoms with Gasteiger partial charge >= 0.3 is 0 Å². The van der Waals surface area contributed by atoms with Crippen molar-refractivity contribution in [2.45, 2.75) is 20.4 Å². The normalized spacial score (nSPS) is 10.3. The Bertz CT molecular complexity index is 495. The minimum atomic E-state index is 0.658. The summed E-state index contributed by atoms with van der Waals surface area (Å²) in [6, 6.07) is 2.09. The zero-order valence-corrected chi connectivity index (χ0v) is 10.6. The number of nitrogens with two attached hydrogens (primary N) is 1. The molecule has 2 heterocycles. The molecule has 0 spiro atoms. The number of thiophene rings is 1. The van der Waals surface area contributed by atoms with Gasteiger partial charge in [0.25, 0.3) is 0 Å². The zero-order chi connectivity index (χ0) is 12.3. The number of anilines is 2. The van der Waals surface area contributed by atoms with E-state index in [-0.39, 0.29) is 0 Å². The van der Waals surface area contributed by atoms with Crippen LogP contribution in [0.5, 0.6) is 0 Å². The second-order valence-corrected chi connectivity index (χ2v) is 4.50. The summed E-state index contributed by atoms with van der Waals surface area (Å²) in [4.78, 5) is 8.58. The molecule has 0 aliphatic carbocycles. The molecule has 2 rings (SSSR count). The van der Waals surface area contributed by atoms with Gasteiger partial charge in [0.15, 0.2) is 0 Å². The predicted octanol–water partition coefficient (Wildman–Crippen LogP) is 2.05. The van der Waals surface area contributed by atoms with E-state index in [1.165, 1.54) is 5.56 Å². The monoisotopic (exact) mass is 249 g/mol. The highest BCUT2D eigenvalue weighted by Crippen LogP contribution is 2.19. The smallest absolute Gasteiger partial charge is 0.148 e. The Labute approximate surface area is 104 Å². The van der Waals surface area contributed by atoms with Gasteiger partial charge < -0.3 is 10.7 Å². The molecule has 6 heteroatoms. The van der Waals surface area contributed by atoms with Crippen molar-refractivity contribution in [1.29, 1.82) is 0 Å². The van der Waals surface area contributed by atoms with E-state index in [0.717, 1.165) is 17.9 Å². The molecule has 0 unspecified atom stereocenters. The molecule has 0 radical (unpaired) electrons. The van der Waals surface area contributed by atoms with Gasteiger partial charge in [-0.1, -0.05) is 0 Å². The molecule has 5 nitrogen and oxygen atoms in total. The number of nitrogens with zero attached hydrogens (tertiary/aromatic N) is 2. The van der Waals surface area contributed by atoms with E-state index in [9.17, 15) is 0 Å². The molecule has 0 aromatic carbocycles.